The van der Waals surface area contributed by atoms with Crippen LogP contribution >= 0.6 is 23.2 Å². The van der Waals surface area contributed by atoms with Crippen molar-refractivity contribution >= 4 is 58.2 Å². The Morgan fingerprint density at radius 1 is 1.10 bits per heavy atom. The normalized spacial score (nSPS) is 14.0. The molecule has 0 saturated heterocycles. The minimum Gasteiger partial charge on any atom is -0.619 e. The molecular weight excluding hydrogens is 743 g/mol. The third-order valence-electron chi connectivity index (χ3n) is 6.89. The minimum atomic E-state index is -3.14. The van der Waals surface area contributed by atoms with Crippen LogP contribution in [0.15, 0.2) is 48.9 Å². The number of pyridine rings is 2. The van der Waals surface area contributed by atoms with Crippen LogP contribution in [0.2, 0.25) is 10.0 Å². The first-order valence-corrected chi connectivity index (χ1v) is 17.0. The van der Waals surface area contributed by atoms with Crippen molar-refractivity contribution in [3.63, 3.8) is 0 Å². The van der Waals surface area contributed by atoms with Crippen molar-refractivity contribution in [2.45, 2.75) is 58.4 Å². The molecule has 1 aliphatic rings. The van der Waals surface area contributed by atoms with Gasteiger partial charge in [0.2, 0.25) is 0 Å². The number of carbonyl (C=O) groups is 3. The van der Waals surface area contributed by atoms with Crippen molar-refractivity contribution in [2.75, 3.05) is 24.1 Å². The maximum absolute atomic E-state index is 13.1. The Kier molecular flexibility index (Phi) is 13.4. The van der Waals surface area contributed by atoms with Gasteiger partial charge >= 0.3 is 24.5 Å². The van der Waals surface area contributed by atoms with Gasteiger partial charge in [0.1, 0.15) is 34.1 Å². The lowest BCUT2D eigenvalue weighted by Crippen LogP contribution is -2.36. The molecule has 14 nitrogen and oxygen atoms in total. The fraction of sp³-hybridized carbons (Fsp3) is 0.406. The Morgan fingerprint density at radius 3 is 2.39 bits per heavy atom. The van der Waals surface area contributed by atoms with E-state index >= 15 is 0 Å². The predicted octanol–water partition coefficient (Wildman–Crippen LogP) is 5.38. The number of hydrogen-bond acceptors (Lipinski definition) is 11. The molecule has 51 heavy (non-hydrogen) atoms. The number of halogens is 4. The van der Waals surface area contributed by atoms with Gasteiger partial charge in [-0.3, -0.25) is 9.35 Å². The Hall–Kier alpha value is -4.32. The van der Waals surface area contributed by atoms with Gasteiger partial charge in [-0.15, -0.1) is 0 Å². The second kappa shape index (κ2) is 17.3. The fourth-order valence-corrected chi connectivity index (χ4v) is 5.53. The van der Waals surface area contributed by atoms with Gasteiger partial charge < -0.3 is 28.9 Å². The number of anilines is 1. The van der Waals surface area contributed by atoms with Crippen LogP contribution in [0.4, 0.5) is 14.6 Å². The number of aromatic nitrogens is 2. The van der Waals surface area contributed by atoms with E-state index in [1.807, 2.05) is 0 Å². The van der Waals surface area contributed by atoms with E-state index in [1.54, 1.807) is 20.8 Å². The van der Waals surface area contributed by atoms with E-state index < -0.39 is 60.6 Å². The van der Waals surface area contributed by atoms with Gasteiger partial charge in [0.05, 0.1) is 12.2 Å². The van der Waals surface area contributed by atoms with Crippen LogP contribution in [0, 0.1) is 11.1 Å². The topological polar surface area (TPSA) is 178 Å². The Labute approximate surface area is 303 Å². The third kappa shape index (κ3) is 12.2. The Morgan fingerprint density at radius 2 is 1.78 bits per heavy atom. The summed E-state index contributed by atoms with van der Waals surface area (Å²) in [5, 5.41) is 11.7. The summed E-state index contributed by atoms with van der Waals surface area (Å²) >= 11 is 9.82. The average Bonchev–Trinajstić information content (AvgIpc) is 3.86. The molecule has 0 amide bonds. The molecule has 0 spiro atoms. The van der Waals surface area contributed by atoms with Crippen molar-refractivity contribution in [2.24, 2.45) is 5.92 Å². The summed E-state index contributed by atoms with van der Waals surface area (Å²) in [4.78, 5) is 42.2. The molecule has 1 aliphatic carbocycles. The van der Waals surface area contributed by atoms with Crippen LogP contribution in [0.5, 0.6) is 11.5 Å². The highest BCUT2D eigenvalue weighted by molar-refractivity contribution is 7.80. The number of alkyl halides is 2. The van der Waals surface area contributed by atoms with E-state index in [-0.39, 0.29) is 63.0 Å². The fourth-order valence-electron chi connectivity index (χ4n) is 4.45. The van der Waals surface area contributed by atoms with Gasteiger partial charge in [0.25, 0.3) is 11.3 Å². The minimum absolute atomic E-state index is 0.0344. The van der Waals surface area contributed by atoms with E-state index in [9.17, 15) is 37.1 Å². The second-order valence-corrected chi connectivity index (χ2v) is 13.9. The summed E-state index contributed by atoms with van der Waals surface area (Å²) in [7, 11) is 0. The first kappa shape index (κ1) is 39.5. The van der Waals surface area contributed by atoms with Gasteiger partial charge in [-0.25, -0.2) is 23.1 Å². The predicted molar refractivity (Wildman–Crippen MR) is 178 cm³/mol. The van der Waals surface area contributed by atoms with Crippen LogP contribution in [0.25, 0.3) is 0 Å². The van der Waals surface area contributed by atoms with Crippen molar-refractivity contribution in [3.05, 3.63) is 80.9 Å². The standard InChI is InChI=1S/C32H33Cl2F2N3O11S/c1-32(2,3)50-28(40)15-39(51(44)45)27-11-20(8-9-37-27)30(42)47-17-29(41)48-25(12-21-22(33)13-38(43)14-23(21)34)19-6-7-24(49-31(35)36)26(10-19)46-16-18-4-5-18/h6-11,13-14,18,25,31H,4-5,12,15-17H2,1-3H3,(H,44,45). The first-order valence-electron chi connectivity index (χ1n) is 15.2. The molecule has 19 heteroatoms. The molecule has 2 unspecified atom stereocenters. The van der Waals surface area contributed by atoms with Crippen LogP contribution in [-0.2, 0) is 41.5 Å². The first-order chi connectivity index (χ1) is 24.0. The molecule has 3 aromatic rings. The van der Waals surface area contributed by atoms with Gasteiger partial charge in [-0.1, -0.05) is 29.3 Å². The van der Waals surface area contributed by atoms with E-state index in [4.69, 9.17) is 42.1 Å². The van der Waals surface area contributed by atoms with E-state index in [2.05, 4.69) is 9.72 Å². The highest BCUT2D eigenvalue weighted by Gasteiger charge is 2.28. The largest absolute Gasteiger partial charge is 0.619 e. The zero-order valence-corrected chi connectivity index (χ0v) is 29.7. The van der Waals surface area contributed by atoms with Crippen LogP contribution in [-0.4, -0.2) is 63.6 Å². The number of benzene rings is 1. The summed E-state index contributed by atoms with van der Waals surface area (Å²) in [6, 6.07) is 6.21. The lowest BCUT2D eigenvalue weighted by atomic mass is 10.0. The number of hydrogen-bond donors (Lipinski definition) is 1. The lowest BCUT2D eigenvalue weighted by Gasteiger charge is -2.23. The van der Waals surface area contributed by atoms with Gasteiger partial charge in [0, 0.05) is 18.2 Å². The van der Waals surface area contributed by atoms with Crippen molar-refractivity contribution in [1.82, 2.24) is 4.98 Å². The number of carbonyl (C=O) groups excluding carboxylic acids is 3. The zero-order chi connectivity index (χ0) is 37.5. The van der Waals surface area contributed by atoms with Gasteiger partial charge in [-0.05, 0) is 69.4 Å². The molecule has 1 saturated carbocycles. The average molecular weight is 777 g/mol. The smallest absolute Gasteiger partial charge is 0.387 e. The summed E-state index contributed by atoms with van der Waals surface area (Å²) < 4.78 is 75.4. The van der Waals surface area contributed by atoms with E-state index in [0.717, 1.165) is 37.5 Å². The maximum Gasteiger partial charge on any atom is 0.387 e. The van der Waals surface area contributed by atoms with E-state index in [1.165, 1.54) is 24.3 Å². The molecule has 0 aliphatic heterocycles. The second-order valence-electron chi connectivity index (χ2n) is 12.1. The zero-order valence-electron chi connectivity index (χ0n) is 27.4. The number of esters is 3. The molecule has 2 atom stereocenters. The Bertz CT molecular complexity index is 1750. The van der Waals surface area contributed by atoms with Crippen LogP contribution in [0.1, 0.15) is 61.2 Å². The molecular formula is C32H33Cl2F2N3O11S. The number of rotatable bonds is 16. The molecule has 0 bridgehead atoms. The molecule has 1 fully saturated rings. The molecule has 276 valence electrons. The third-order valence-corrected chi connectivity index (χ3v) is 8.23. The summed E-state index contributed by atoms with van der Waals surface area (Å²) in [5.74, 6) is -3.20. The molecule has 1 N–H and O–H groups in total. The summed E-state index contributed by atoms with van der Waals surface area (Å²) in [5.41, 5.74) is -0.599. The maximum atomic E-state index is 13.1. The number of ether oxygens (including phenoxy) is 5. The molecule has 0 radical (unpaired) electrons. The highest BCUT2D eigenvalue weighted by Crippen LogP contribution is 2.38. The molecule has 4 rings (SSSR count). The van der Waals surface area contributed by atoms with Gasteiger partial charge in [-0.2, -0.15) is 13.5 Å². The molecule has 2 heterocycles. The van der Waals surface area contributed by atoms with Crippen LogP contribution in [0.3, 0.4) is 0 Å². The summed E-state index contributed by atoms with van der Waals surface area (Å²) in [6.45, 7) is 0.355. The van der Waals surface area contributed by atoms with Crippen molar-refractivity contribution < 1.29 is 60.3 Å². The van der Waals surface area contributed by atoms with Crippen LogP contribution < -0.4 is 18.5 Å². The molecule has 1 aromatic carbocycles. The Balaban J connectivity index is 1.52. The molecule has 2 aromatic heterocycles. The number of nitrogens with zero attached hydrogens (tertiary/aromatic N) is 3. The quantitative estimate of drug-likeness (QED) is 0.0647. The lowest BCUT2D eigenvalue weighted by molar-refractivity contribution is -0.605. The highest BCUT2D eigenvalue weighted by atomic mass is 35.5. The van der Waals surface area contributed by atoms with Crippen molar-refractivity contribution in [3.8, 4) is 11.5 Å². The van der Waals surface area contributed by atoms with Gasteiger partial charge in [0.15, 0.2) is 30.5 Å². The van der Waals surface area contributed by atoms with Crippen molar-refractivity contribution in [1.29, 1.82) is 0 Å². The monoisotopic (exact) mass is 775 g/mol. The SMILES string of the molecule is CC(C)(C)OC(=O)CN(c1cc(C(=O)OCC(=O)OC(Cc2c(Cl)c[n+]([O-])cc2Cl)c2ccc(OC(F)F)c(OCC3CC3)c2)ccn1)S(=O)O. The summed E-state index contributed by atoms with van der Waals surface area (Å²) in [6.07, 6.45) is 3.62. The van der Waals surface area contributed by atoms with E-state index in [0.29, 0.717) is 9.04 Å².